The molecule has 0 saturated carbocycles. The van der Waals surface area contributed by atoms with Gasteiger partial charge in [-0.2, -0.15) is 0 Å². The van der Waals surface area contributed by atoms with E-state index in [-0.39, 0.29) is 17.8 Å². The predicted octanol–water partition coefficient (Wildman–Crippen LogP) is 0.0818. The first-order valence-electron chi connectivity index (χ1n) is 8.00. The molecule has 2 fully saturated rings. The van der Waals surface area contributed by atoms with Gasteiger partial charge in [0.2, 0.25) is 5.91 Å². The van der Waals surface area contributed by atoms with E-state index >= 15 is 0 Å². The molecule has 0 aromatic carbocycles. The molecule has 2 aliphatic rings. The Morgan fingerprint density at radius 2 is 2.10 bits per heavy atom. The van der Waals surface area contributed by atoms with Crippen LogP contribution in [0, 0.1) is 5.92 Å². The summed E-state index contributed by atoms with van der Waals surface area (Å²) in [5.74, 6) is -0.173. The van der Waals surface area contributed by atoms with Gasteiger partial charge in [0.1, 0.15) is 0 Å². The molecule has 0 radical (unpaired) electrons. The largest absolute Gasteiger partial charge is 0.466 e. The fourth-order valence-electron chi connectivity index (χ4n) is 3.10. The average molecular weight is 297 g/mol. The van der Waals surface area contributed by atoms with E-state index in [1.807, 2.05) is 11.8 Å². The van der Waals surface area contributed by atoms with E-state index in [1.54, 1.807) is 0 Å². The maximum atomic E-state index is 12.4. The molecule has 0 aromatic rings. The Morgan fingerprint density at radius 3 is 2.81 bits per heavy atom. The van der Waals surface area contributed by atoms with E-state index in [0.717, 1.165) is 39.0 Å². The highest BCUT2D eigenvalue weighted by molar-refractivity contribution is 5.80. The zero-order valence-corrected chi connectivity index (χ0v) is 13.1. The summed E-state index contributed by atoms with van der Waals surface area (Å²) in [4.78, 5) is 28.3. The van der Waals surface area contributed by atoms with Gasteiger partial charge in [0, 0.05) is 38.8 Å². The summed E-state index contributed by atoms with van der Waals surface area (Å²) in [6.07, 6.45) is 1.71. The Balaban J connectivity index is 1.82. The van der Waals surface area contributed by atoms with Crippen LogP contribution >= 0.6 is 0 Å². The SMILES string of the molecule is CCOC(=O)C1CCCN(C(=O)CN2CCN[C@H](C)C2)C1. The number of ether oxygens (including phenoxy) is 1. The molecule has 1 N–H and O–H groups in total. The standard InChI is InChI=1S/C15H27N3O3/c1-3-21-15(20)13-5-4-7-18(10-13)14(19)11-17-8-6-16-12(2)9-17/h12-13,16H,3-11H2,1-2H3/t12-,13?/m1/s1. The number of amides is 1. The van der Waals surface area contributed by atoms with Gasteiger partial charge in [-0.25, -0.2) is 0 Å². The molecule has 0 bridgehead atoms. The second-order valence-electron chi connectivity index (χ2n) is 6.02. The smallest absolute Gasteiger partial charge is 0.310 e. The number of nitrogens with one attached hydrogen (secondary N) is 1. The molecule has 6 heteroatoms. The fourth-order valence-corrected chi connectivity index (χ4v) is 3.10. The van der Waals surface area contributed by atoms with Crippen LogP contribution in [0.1, 0.15) is 26.7 Å². The molecule has 2 rings (SSSR count). The lowest BCUT2D eigenvalue weighted by Crippen LogP contribution is -2.53. The monoisotopic (exact) mass is 297 g/mol. The van der Waals surface area contributed by atoms with Crippen molar-refractivity contribution in [3.63, 3.8) is 0 Å². The summed E-state index contributed by atoms with van der Waals surface area (Å²) in [5.41, 5.74) is 0. The maximum absolute atomic E-state index is 12.4. The minimum Gasteiger partial charge on any atom is -0.466 e. The summed E-state index contributed by atoms with van der Waals surface area (Å²) in [6, 6.07) is 0.431. The van der Waals surface area contributed by atoms with Crippen LogP contribution in [0.3, 0.4) is 0 Å². The van der Waals surface area contributed by atoms with Crippen molar-refractivity contribution in [1.82, 2.24) is 15.1 Å². The number of hydrogen-bond donors (Lipinski definition) is 1. The van der Waals surface area contributed by atoms with Gasteiger partial charge in [-0.3, -0.25) is 14.5 Å². The number of rotatable bonds is 4. The molecular weight excluding hydrogens is 270 g/mol. The molecule has 2 saturated heterocycles. The second-order valence-corrected chi connectivity index (χ2v) is 6.02. The summed E-state index contributed by atoms with van der Waals surface area (Å²) < 4.78 is 5.08. The average Bonchev–Trinajstić information content (AvgIpc) is 2.47. The summed E-state index contributed by atoms with van der Waals surface area (Å²) in [5, 5.41) is 3.37. The molecule has 0 spiro atoms. The number of piperazine rings is 1. The zero-order valence-electron chi connectivity index (χ0n) is 13.1. The Hall–Kier alpha value is -1.14. The van der Waals surface area contributed by atoms with Crippen LogP contribution in [0.5, 0.6) is 0 Å². The van der Waals surface area contributed by atoms with Crippen molar-refractivity contribution in [1.29, 1.82) is 0 Å². The first-order chi connectivity index (χ1) is 10.1. The first kappa shape index (κ1) is 16.2. The Morgan fingerprint density at radius 1 is 1.29 bits per heavy atom. The second kappa shape index (κ2) is 7.75. The Labute approximate surface area is 126 Å². The molecule has 0 aliphatic carbocycles. The van der Waals surface area contributed by atoms with E-state index in [4.69, 9.17) is 4.74 Å². The van der Waals surface area contributed by atoms with Crippen LogP contribution in [-0.2, 0) is 14.3 Å². The van der Waals surface area contributed by atoms with Crippen LogP contribution in [0.25, 0.3) is 0 Å². The van der Waals surface area contributed by atoms with Gasteiger partial charge in [0.25, 0.3) is 0 Å². The van der Waals surface area contributed by atoms with Crippen molar-refractivity contribution < 1.29 is 14.3 Å². The molecule has 0 aromatic heterocycles. The predicted molar refractivity (Wildman–Crippen MR) is 79.8 cm³/mol. The number of nitrogens with zero attached hydrogens (tertiary/aromatic N) is 2. The summed E-state index contributed by atoms with van der Waals surface area (Å²) >= 11 is 0. The first-order valence-corrected chi connectivity index (χ1v) is 8.00. The van der Waals surface area contributed by atoms with Gasteiger partial charge in [0.15, 0.2) is 0 Å². The third-order valence-corrected chi connectivity index (χ3v) is 4.21. The van der Waals surface area contributed by atoms with Crippen LogP contribution in [-0.4, -0.2) is 73.6 Å². The molecule has 1 amide bonds. The number of piperidine rings is 1. The molecule has 21 heavy (non-hydrogen) atoms. The quantitative estimate of drug-likeness (QED) is 0.745. The van der Waals surface area contributed by atoms with Crippen LogP contribution in [0.2, 0.25) is 0 Å². The van der Waals surface area contributed by atoms with Gasteiger partial charge in [-0.1, -0.05) is 0 Å². The zero-order chi connectivity index (χ0) is 15.2. The van der Waals surface area contributed by atoms with Crippen LogP contribution in [0.15, 0.2) is 0 Å². The third-order valence-electron chi connectivity index (χ3n) is 4.21. The lowest BCUT2D eigenvalue weighted by molar-refractivity contribution is -0.151. The molecule has 1 unspecified atom stereocenters. The summed E-state index contributed by atoms with van der Waals surface area (Å²) in [7, 11) is 0. The number of esters is 1. The number of hydrogen-bond acceptors (Lipinski definition) is 5. The molecule has 2 aliphatic heterocycles. The molecule has 6 nitrogen and oxygen atoms in total. The Bertz CT molecular complexity index is 375. The molecular formula is C15H27N3O3. The van der Waals surface area contributed by atoms with Crippen molar-refractivity contribution in [2.75, 3.05) is 45.9 Å². The van der Waals surface area contributed by atoms with Gasteiger partial charge in [0.05, 0.1) is 19.1 Å². The fraction of sp³-hybridized carbons (Fsp3) is 0.867. The maximum Gasteiger partial charge on any atom is 0.310 e. The molecule has 2 atom stereocenters. The van der Waals surface area contributed by atoms with Crippen molar-refractivity contribution in [3.05, 3.63) is 0 Å². The molecule has 2 heterocycles. The Kier molecular flexibility index (Phi) is 5.99. The van der Waals surface area contributed by atoms with E-state index in [9.17, 15) is 9.59 Å². The topological polar surface area (TPSA) is 61.9 Å². The highest BCUT2D eigenvalue weighted by Gasteiger charge is 2.30. The lowest BCUT2D eigenvalue weighted by Gasteiger charge is -2.35. The van der Waals surface area contributed by atoms with Crippen molar-refractivity contribution in [2.45, 2.75) is 32.7 Å². The van der Waals surface area contributed by atoms with Gasteiger partial charge in [-0.05, 0) is 26.7 Å². The van der Waals surface area contributed by atoms with Crippen LogP contribution < -0.4 is 5.32 Å². The van der Waals surface area contributed by atoms with Gasteiger partial charge in [-0.15, -0.1) is 0 Å². The third kappa shape index (κ3) is 4.68. The van der Waals surface area contributed by atoms with Gasteiger partial charge < -0.3 is 15.0 Å². The van der Waals surface area contributed by atoms with E-state index < -0.39 is 0 Å². The highest BCUT2D eigenvalue weighted by atomic mass is 16.5. The number of likely N-dealkylation sites (tertiary alicyclic amines) is 1. The highest BCUT2D eigenvalue weighted by Crippen LogP contribution is 2.18. The van der Waals surface area contributed by atoms with Crippen LogP contribution in [0.4, 0.5) is 0 Å². The summed E-state index contributed by atoms with van der Waals surface area (Å²) in [6.45, 7) is 8.83. The van der Waals surface area contributed by atoms with Crippen molar-refractivity contribution in [3.8, 4) is 0 Å². The van der Waals surface area contributed by atoms with E-state index in [0.29, 0.717) is 25.7 Å². The minimum atomic E-state index is -0.161. The molecule has 120 valence electrons. The lowest BCUT2D eigenvalue weighted by atomic mass is 9.98. The van der Waals surface area contributed by atoms with Crippen molar-refractivity contribution in [2.24, 2.45) is 5.92 Å². The van der Waals surface area contributed by atoms with E-state index in [1.165, 1.54) is 0 Å². The van der Waals surface area contributed by atoms with Gasteiger partial charge >= 0.3 is 5.97 Å². The normalized spacial score (nSPS) is 27.4. The van der Waals surface area contributed by atoms with Crippen molar-refractivity contribution >= 4 is 11.9 Å². The minimum absolute atomic E-state index is 0.137. The van der Waals surface area contributed by atoms with E-state index in [2.05, 4.69) is 17.1 Å². The number of carbonyl (C=O) groups is 2. The number of carbonyl (C=O) groups excluding carboxylic acids is 2.